The second-order valence-corrected chi connectivity index (χ2v) is 4.72. The number of anilines is 1. The fourth-order valence-electron chi connectivity index (χ4n) is 1.37. The minimum absolute atomic E-state index is 0.0962. The van der Waals surface area contributed by atoms with Crippen molar-refractivity contribution >= 4 is 29.3 Å². The zero-order valence-corrected chi connectivity index (χ0v) is 11.4. The first-order valence-corrected chi connectivity index (χ1v) is 6.61. The Kier molecular flexibility index (Phi) is 6.34. The number of ether oxygens (including phenoxy) is 1. The molecule has 0 aliphatic rings. The number of thioether (sulfide) groups is 1. The highest BCUT2D eigenvalue weighted by Gasteiger charge is 2.17. The summed E-state index contributed by atoms with van der Waals surface area (Å²) in [6.07, 6.45) is -0.700. The van der Waals surface area contributed by atoms with Gasteiger partial charge in [0.15, 0.2) is 0 Å². The van der Waals surface area contributed by atoms with Crippen LogP contribution in [0.2, 0.25) is 0 Å². The van der Waals surface area contributed by atoms with Gasteiger partial charge >= 0.3 is 0 Å². The van der Waals surface area contributed by atoms with Crippen molar-refractivity contribution in [3.63, 3.8) is 0 Å². The van der Waals surface area contributed by atoms with Crippen LogP contribution in [0.5, 0.6) is 0 Å². The number of primary amides is 1. The van der Waals surface area contributed by atoms with Crippen LogP contribution in [0.3, 0.4) is 0 Å². The number of benzene rings is 1. The van der Waals surface area contributed by atoms with Crippen LogP contribution in [0, 0.1) is 0 Å². The number of nitrogens with one attached hydrogen (secondary N) is 1. The molecule has 0 aromatic heterocycles. The highest BCUT2D eigenvalue weighted by Crippen LogP contribution is 2.26. The number of hydrogen-bond acceptors (Lipinski definition) is 5. The van der Waals surface area contributed by atoms with E-state index in [0.717, 1.165) is 4.90 Å². The van der Waals surface area contributed by atoms with Crippen molar-refractivity contribution in [1.82, 2.24) is 0 Å². The van der Waals surface area contributed by atoms with Crippen LogP contribution in [0.1, 0.15) is 0 Å². The van der Waals surface area contributed by atoms with Crippen LogP contribution < -0.4 is 16.8 Å². The minimum atomic E-state index is -0.700. The lowest BCUT2D eigenvalue weighted by Gasteiger charge is -2.15. The number of carbonyl (C=O) groups is 2. The number of hydrogen-bond donors (Lipinski definition) is 3. The number of nitrogens with two attached hydrogens (primary N) is 2. The topological polar surface area (TPSA) is 107 Å². The first kappa shape index (κ1) is 15.5. The molecule has 1 aromatic carbocycles. The Morgan fingerprint density at radius 2 is 2.11 bits per heavy atom. The van der Waals surface area contributed by atoms with E-state index in [9.17, 15) is 9.59 Å². The number of para-hydroxylation sites is 1. The lowest BCUT2D eigenvalue weighted by atomic mass is 10.3. The second kappa shape index (κ2) is 7.78. The maximum absolute atomic E-state index is 11.8. The fourth-order valence-corrected chi connectivity index (χ4v) is 2.12. The van der Waals surface area contributed by atoms with E-state index in [-0.39, 0.29) is 18.2 Å². The Balaban J connectivity index is 2.77. The van der Waals surface area contributed by atoms with E-state index >= 15 is 0 Å². The van der Waals surface area contributed by atoms with Gasteiger partial charge in [0.25, 0.3) is 5.91 Å². The summed E-state index contributed by atoms with van der Waals surface area (Å²) in [5.74, 6) is -0.586. The summed E-state index contributed by atoms with van der Waals surface area (Å²) in [6, 6.07) is 7.14. The van der Waals surface area contributed by atoms with Gasteiger partial charge in [-0.3, -0.25) is 9.59 Å². The van der Waals surface area contributed by atoms with Crippen LogP contribution in [0.4, 0.5) is 5.69 Å². The highest BCUT2D eigenvalue weighted by atomic mass is 32.2. The smallest absolute Gasteiger partial charge is 0.254 e. The molecule has 0 radical (unpaired) electrons. The number of methoxy groups -OCH3 is 1. The van der Waals surface area contributed by atoms with Crippen LogP contribution in [0.15, 0.2) is 29.2 Å². The Hall–Kier alpha value is -1.57. The average Bonchev–Trinajstić information content (AvgIpc) is 2.39. The summed E-state index contributed by atoms with van der Waals surface area (Å²) in [4.78, 5) is 23.4. The fraction of sp³-hybridized carbons (Fsp3) is 0.333. The third-order valence-electron chi connectivity index (χ3n) is 2.31. The SMILES string of the molecule is COC(CN)C(=O)Nc1ccccc1SCC(N)=O. The molecule has 0 aliphatic heterocycles. The summed E-state index contributed by atoms with van der Waals surface area (Å²) < 4.78 is 4.95. The average molecular weight is 283 g/mol. The molecule has 0 heterocycles. The first-order chi connectivity index (χ1) is 9.08. The Labute approximate surface area is 115 Å². The summed E-state index contributed by atoms with van der Waals surface area (Å²) in [5, 5.41) is 2.72. The van der Waals surface area contributed by atoms with Gasteiger partial charge < -0.3 is 21.5 Å². The second-order valence-electron chi connectivity index (χ2n) is 3.70. The van der Waals surface area contributed by atoms with Crippen molar-refractivity contribution < 1.29 is 14.3 Å². The molecule has 1 rings (SSSR count). The van der Waals surface area contributed by atoms with Crippen molar-refractivity contribution in [2.24, 2.45) is 11.5 Å². The van der Waals surface area contributed by atoms with Gasteiger partial charge in [0.05, 0.1) is 11.4 Å². The van der Waals surface area contributed by atoms with E-state index in [1.54, 1.807) is 18.2 Å². The summed E-state index contributed by atoms with van der Waals surface area (Å²) in [5.41, 5.74) is 11.1. The van der Waals surface area contributed by atoms with Crippen LogP contribution >= 0.6 is 11.8 Å². The Bertz CT molecular complexity index is 450. The van der Waals surface area contributed by atoms with Gasteiger partial charge in [0.2, 0.25) is 5.91 Å². The molecule has 0 saturated carbocycles. The molecule has 7 heteroatoms. The Morgan fingerprint density at radius 1 is 1.42 bits per heavy atom. The third kappa shape index (κ3) is 4.90. The number of carbonyl (C=O) groups excluding carboxylic acids is 2. The molecule has 1 atom stereocenters. The van der Waals surface area contributed by atoms with E-state index in [2.05, 4.69) is 5.32 Å². The zero-order chi connectivity index (χ0) is 14.3. The molecule has 1 unspecified atom stereocenters. The lowest BCUT2D eigenvalue weighted by Crippen LogP contribution is -2.36. The van der Waals surface area contributed by atoms with Crippen molar-refractivity contribution in [3.05, 3.63) is 24.3 Å². The van der Waals surface area contributed by atoms with Gasteiger partial charge in [-0.1, -0.05) is 12.1 Å². The molecule has 2 amide bonds. The van der Waals surface area contributed by atoms with Crippen molar-refractivity contribution in [1.29, 1.82) is 0 Å². The van der Waals surface area contributed by atoms with Crippen LogP contribution in [0.25, 0.3) is 0 Å². The molecule has 6 nitrogen and oxygen atoms in total. The molecule has 0 bridgehead atoms. The van der Waals surface area contributed by atoms with Gasteiger partial charge in [-0.2, -0.15) is 0 Å². The van der Waals surface area contributed by atoms with Gasteiger partial charge in [0, 0.05) is 18.6 Å². The van der Waals surface area contributed by atoms with Gasteiger partial charge in [-0.25, -0.2) is 0 Å². The maximum Gasteiger partial charge on any atom is 0.254 e. The van der Waals surface area contributed by atoms with Gasteiger partial charge in [-0.05, 0) is 12.1 Å². The zero-order valence-electron chi connectivity index (χ0n) is 10.6. The maximum atomic E-state index is 11.8. The van der Waals surface area contributed by atoms with Crippen molar-refractivity contribution in [2.45, 2.75) is 11.0 Å². The molecule has 5 N–H and O–H groups in total. The predicted molar refractivity (Wildman–Crippen MR) is 74.8 cm³/mol. The predicted octanol–water partition coefficient (Wildman–Crippen LogP) is 0.176. The number of amides is 2. The summed E-state index contributed by atoms with van der Waals surface area (Å²) in [6.45, 7) is 0.0962. The third-order valence-corrected chi connectivity index (χ3v) is 3.40. The quantitative estimate of drug-likeness (QED) is 0.619. The summed E-state index contributed by atoms with van der Waals surface area (Å²) in [7, 11) is 1.42. The number of rotatable bonds is 7. The van der Waals surface area contributed by atoms with E-state index in [1.165, 1.54) is 18.9 Å². The molecule has 104 valence electrons. The van der Waals surface area contributed by atoms with Crippen LogP contribution in [-0.2, 0) is 14.3 Å². The molecule has 0 fully saturated rings. The molecule has 0 aliphatic carbocycles. The molecule has 0 spiro atoms. The van der Waals surface area contributed by atoms with Crippen molar-refractivity contribution in [3.8, 4) is 0 Å². The minimum Gasteiger partial charge on any atom is -0.370 e. The van der Waals surface area contributed by atoms with Crippen LogP contribution in [-0.4, -0.2) is 37.3 Å². The molecular formula is C12H17N3O3S. The standard InChI is InChI=1S/C12H17N3O3S/c1-18-9(6-13)12(17)15-8-4-2-3-5-10(8)19-7-11(14)16/h2-5,9H,6-7,13H2,1H3,(H2,14,16)(H,15,17). The van der Waals surface area contributed by atoms with E-state index in [4.69, 9.17) is 16.2 Å². The van der Waals surface area contributed by atoms with Gasteiger partial charge in [0.1, 0.15) is 6.10 Å². The van der Waals surface area contributed by atoms with E-state index in [1.807, 2.05) is 6.07 Å². The highest BCUT2D eigenvalue weighted by molar-refractivity contribution is 8.00. The molecule has 0 saturated heterocycles. The molecular weight excluding hydrogens is 266 g/mol. The monoisotopic (exact) mass is 283 g/mol. The van der Waals surface area contributed by atoms with Gasteiger partial charge in [-0.15, -0.1) is 11.8 Å². The lowest BCUT2D eigenvalue weighted by molar-refractivity contribution is -0.125. The molecule has 1 aromatic rings. The Morgan fingerprint density at radius 3 is 2.68 bits per heavy atom. The molecule has 19 heavy (non-hydrogen) atoms. The van der Waals surface area contributed by atoms with E-state index < -0.39 is 12.0 Å². The van der Waals surface area contributed by atoms with Crippen molar-refractivity contribution in [2.75, 3.05) is 24.7 Å². The first-order valence-electron chi connectivity index (χ1n) is 5.62. The summed E-state index contributed by atoms with van der Waals surface area (Å²) >= 11 is 1.26. The van der Waals surface area contributed by atoms with E-state index in [0.29, 0.717) is 5.69 Å². The normalized spacial score (nSPS) is 11.9. The largest absolute Gasteiger partial charge is 0.370 e.